The van der Waals surface area contributed by atoms with E-state index in [0.717, 1.165) is 38.3 Å². The van der Waals surface area contributed by atoms with Crippen LogP contribution in [0.3, 0.4) is 0 Å². The molecule has 1 aromatic carbocycles. The molecule has 20 heavy (non-hydrogen) atoms. The van der Waals surface area contributed by atoms with Crippen LogP contribution in [-0.4, -0.2) is 38.2 Å². The van der Waals surface area contributed by atoms with Crippen molar-refractivity contribution in [2.75, 3.05) is 33.3 Å². The summed E-state index contributed by atoms with van der Waals surface area (Å²) in [6, 6.07) is 5.24. The van der Waals surface area contributed by atoms with E-state index in [9.17, 15) is 4.39 Å². The second kappa shape index (κ2) is 7.60. The summed E-state index contributed by atoms with van der Waals surface area (Å²) in [5.74, 6) is 0.750. The highest BCUT2D eigenvalue weighted by molar-refractivity contribution is 5.29. The van der Waals surface area contributed by atoms with E-state index in [1.165, 1.54) is 20.0 Å². The first kappa shape index (κ1) is 15.3. The summed E-state index contributed by atoms with van der Waals surface area (Å²) in [5.41, 5.74) is 1.01. The summed E-state index contributed by atoms with van der Waals surface area (Å²) in [7, 11) is 1.49. The van der Waals surface area contributed by atoms with Gasteiger partial charge in [-0.3, -0.25) is 4.90 Å². The first-order chi connectivity index (χ1) is 9.72. The second-order valence-electron chi connectivity index (χ2n) is 5.51. The van der Waals surface area contributed by atoms with E-state index in [4.69, 9.17) is 4.74 Å². The predicted octanol–water partition coefficient (Wildman–Crippen LogP) is 2.66. The number of nitrogens with one attached hydrogen (secondary N) is 1. The van der Waals surface area contributed by atoms with E-state index >= 15 is 0 Å². The van der Waals surface area contributed by atoms with Gasteiger partial charge in [0.15, 0.2) is 11.6 Å². The quantitative estimate of drug-likeness (QED) is 0.867. The third-order valence-electron chi connectivity index (χ3n) is 3.98. The van der Waals surface area contributed by atoms with Gasteiger partial charge >= 0.3 is 0 Å². The normalized spacial score (nSPS) is 19.3. The van der Waals surface area contributed by atoms with Crippen LogP contribution >= 0.6 is 0 Å². The highest BCUT2D eigenvalue weighted by Crippen LogP contribution is 2.19. The van der Waals surface area contributed by atoms with Gasteiger partial charge in [0.05, 0.1) is 7.11 Å². The van der Waals surface area contributed by atoms with Crippen LogP contribution in [0, 0.1) is 11.7 Å². The molecule has 3 nitrogen and oxygen atoms in total. The van der Waals surface area contributed by atoms with E-state index in [1.54, 1.807) is 12.1 Å². The van der Waals surface area contributed by atoms with Gasteiger partial charge in [-0.25, -0.2) is 4.39 Å². The minimum atomic E-state index is -0.277. The molecule has 1 aromatic rings. The van der Waals surface area contributed by atoms with Crippen molar-refractivity contribution in [3.05, 3.63) is 29.6 Å². The van der Waals surface area contributed by atoms with Crippen LogP contribution in [0.4, 0.5) is 4.39 Å². The van der Waals surface area contributed by atoms with Crippen molar-refractivity contribution in [3.8, 4) is 5.75 Å². The third kappa shape index (κ3) is 4.18. The van der Waals surface area contributed by atoms with E-state index in [-0.39, 0.29) is 5.82 Å². The number of ether oxygens (including phenoxy) is 1. The fourth-order valence-electron chi connectivity index (χ4n) is 2.82. The SMILES string of the molecule is CCN(Cc1ccc(OC)c(F)c1)CC1CCCNC1. The smallest absolute Gasteiger partial charge is 0.165 e. The molecule has 0 saturated carbocycles. The van der Waals surface area contributed by atoms with Crippen LogP contribution in [0.25, 0.3) is 0 Å². The van der Waals surface area contributed by atoms with Gasteiger partial charge in [-0.15, -0.1) is 0 Å². The maximum Gasteiger partial charge on any atom is 0.165 e. The first-order valence-electron chi connectivity index (χ1n) is 7.48. The Bertz CT molecular complexity index is 419. The zero-order valence-corrected chi connectivity index (χ0v) is 12.5. The summed E-state index contributed by atoms with van der Waals surface area (Å²) in [4.78, 5) is 2.39. The molecule has 0 aliphatic carbocycles. The van der Waals surface area contributed by atoms with Gasteiger partial charge in [-0.2, -0.15) is 0 Å². The minimum Gasteiger partial charge on any atom is -0.494 e. The average Bonchev–Trinajstić information content (AvgIpc) is 2.48. The molecular weight excluding hydrogens is 255 g/mol. The van der Waals surface area contributed by atoms with Crippen LogP contribution in [0.2, 0.25) is 0 Å². The molecule has 1 N–H and O–H groups in total. The van der Waals surface area contributed by atoms with Gasteiger partial charge in [-0.1, -0.05) is 13.0 Å². The number of methoxy groups -OCH3 is 1. The van der Waals surface area contributed by atoms with Gasteiger partial charge in [0.25, 0.3) is 0 Å². The monoisotopic (exact) mass is 280 g/mol. The largest absolute Gasteiger partial charge is 0.494 e. The zero-order valence-electron chi connectivity index (χ0n) is 12.5. The van der Waals surface area contributed by atoms with E-state index < -0.39 is 0 Å². The Labute approximate surface area is 121 Å². The lowest BCUT2D eigenvalue weighted by atomic mass is 9.99. The Balaban J connectivity index is 1.93. The fourth-order valence-corrected chi connectivity index (χ4v) is 2.82. The van der Waals surface area contributed by atoms with E-state index in [0.29, 0.717) is 11.7 Å². The Morgan fingerprint density at radius 2 is 2.30 bits per heavy atom. The maximum atomic E-state index is 13.7. The molecular formula is C16H25FN2O. The lowest BCUT2D eigenvalue weighted by Crippen LogP contribution is -2.38. The van der Waals surface area contributed by atoms with Crippen molar-refractivity contribution in [1.82, 2.24) is 10.2 Å². The zero-order chi connectivity index (χ0) is 14.4. The van der Waals surface area contributed by atoms with Gasteiger partial charge < -0.3 is 10.1 Å². The molecule has 0 radical (unpaired) electrons. The molecule has 2 rings (SSSR count). The summed E-state index contributed by atoms with van der Waals surface area (Å²) in [6.07, 6.45) is 2.56. The van der Waals surface area contributed by atoms with Crippen LogP contribution in [0.5, 0.6) is 5.75 Å². The third-order valence-corrected chi connectivity index (χ3v) is 3.98. The van der Waals surface area contributed by atoms with Crippen molar-refractivity contribution >= 4 is 0 Å². The highest BCUT2D eigenvalue weighted by Gasteiger charge is 2.16. The standard InChI is InChI=1S/C16H25FN2O/c1-3-19(12-14-5-4-8-18-10-14)11-13-6-7-16(20-2)15(17)9-13/h6-7,9,14,18H,3-5,8,10-12H2,1-2H3. The summed E-state index contributed by atoms with van der Waals surface area (Å²) in [5, 5.41) is 3.45. The van der Waals surface area contributed by atoms with Gasteiger partial charge in [0, 0.05) is 13.1 Å². The van der Waals surface area contributed by atoms with E-state index in [1.807, 2.05) is 6.07 Å². The molecule has 1 fully saturated rings. The molecule has 1 heterocycles. The lowest BCUT2D eigenvalue weighted by molar-refractivity contribution is 0.209. The molecule has 0 amide bonds. The fraction of sp³-hybridized carbons (Fsp3) is 0.625. The molecule has 1 unspecified atom stereocenters. The van der Waals surface area contributed by atoms with Crippen molar-refractivity contribution in [2.24, 2.45) is 5.92 Å². The maximum absolute atomic E-state index is 13.7. The summed E-state index contributed by atoms with van der Waals surface area (Å²) < 4.78 is 18.7. The molecule has 0 aromatic heterocycles. The number of hydrogen-bond donors (Lipinski definition) is 1. The van der Waals surface area contributed by atoms with Crippen molar-refractivity contribution in [1.29, 1.82) is 0 Å². The summed E-state index contributed by atoms with van der Waals surface area (Å²) in [6.45, 7) is 7.28. The Morgan fingerprint density at radius 3 is 2.90 bits per heavy atom. The van der Waals surface area contributed by atoms with Crippen LogP contribution < -0.4 is 10.1 Å². The van der Waals surface area contributed by atoms with Crippen molar-refractivity contribution in [3.63, 3.8) is 0 Å². The summed E-state index contributed by atoms with van der Waals surface area (Å²) >= 11 is 0. The lowest BCUT2D eigenvalue weighted by Gasteiger charge is -2.29. The first-order valence-corrected chi connectivity index (χ1v) is 7.48. The van der Waals surface area contributed by atoms with Crippen molar-refractivity contribution < 1.29 is 9.13 Å². The van der Waals surface area contributed by atoms with Crippen LogP contribution in [-0.2, 0) is 6.54 Å². The minimum absolute atomic E-state index is 0.277. The average molecular weight is 280 g/mol. The topological polar surface area (TPSA) is 24.5 Å². The number of benzene rings is 1. The number of rotatable bonds is 6. The number of hydrogen-bond acceptors (Lipinski definition) is 3. The molecule has 1 aliphatic rings. The Morgan fingerprint density at radius 1 is 1.45 bits per heavy atom. The van der Waals surface area contributed by atoms with Crippen LogP contribution in [0.15, 0.2) is 18.2 Å². The number of nitrogens with zero attached hydrogens (tertiary/aromatic N) is 1. The molecule has 112 valence electrons. The highest BCUT2D eigenvalue weighted by atomic mass is 19.1. The number of halogens is 1. The Kier molecular flexibility index (Phi) is 5.80. The van der Waals surface area contributed by atoms with Gasteiger partial charge in [0.2, 0.25) is 0 Å². The van der Waals surface area contributed by atoms with E-state index in [2.05, 4.69) is 17.1 Å². The molecule has 4 heteroatoms. The van der Waals surface area contributed by atoms with Crippen LogP contribution in [0.1, 0.15) is 25.3 Å². The Hall–Kier alpha value is -1.13. The molecule has 1 aliphatic heterocycles. The number of piperidine rings is 1. The molecule has 0 bridgehead atoms. The van der Waals surface area contributed by atoms with Gasteiger partial charge in [-0.05, 0) is 56.1 Å². The second-order valence-corrected chi connectivity index (χ2v) is 5.51. The molecule has 1 saturated heterocycles. The predicted molar refractivity (Wildman–Crippen MR) is 79.5 cm³/mol. The molecule has 1 atom stereocenters. The van der Waals surface area contributed by atoms with Gasteiger partial charge in [0.1, 0.15) is 0 Å². The molecule has 0 spiro atoms. The van der Waals surface area contributed by atoms with Crippen molar-refractivity contribution in [2.45, 2.75) is 26.3 Å².